The van der Waals surface area contributed by atoms with Gasteiger partial charge in [0.2, 0.25) is 0 Å². The van der Waals surface area contributed by atoms with E-state index in [-0.39, 0.29) is 59.1 Å². The molecule has 0 atom stereocenters. The lowest BCUT2D eigenvalue weighted by molar-refractivity contribution is -0.141. The molecule has 4 heterocycles. The molecule has 10 nitrogen and oxygen atoms in total. The van der Waals surface area contributed by atoms with Crippen LogP contribution in [0.2, 0.25) is 0 Å². The minimum absolute atomic E-state index is 0.0170. The number of hydrogen-bond acceptors (Lipinski definition) is 9. The zero-order chi connectivity index (χ0) is 38.1. The summed E-state index contributed by atoms with van der Waals surface area (Å²) in [5, 5.41) is 0.0615. The summed E-state index contributed by atoms with van der Waals surface area (Å²) in [5.41, 5.74) is -2.80. The van der Waals surface area contributed by atoms with Crippen LogP contribution in [0.3, 0.4) is 0 Å². The molecule has 0 saturated carbocycles. The first kappa shape index (κ1) is 38.4. The highest BCUT2D eigenvalue weighted by Crippen LogP contribution is 2.43. The Balaban J connectivity index is 0.000000201. The number of hydrogen-bond donors (Lipinski definition) is 0. The maximum Gasteiger partial charge on any atom is 0.434 e. The molecule has 1 aliphatic carbocycles. The summed E-state index contributed by atoms with van der Waals surface area (Å²) in [6.07, 6.45) is -0.337. The van der Waals surface area contributed by atoms with Gasteiger partial charge in [-0.2, -0.15) is 13.2 Å². The van der Waals surface area contributed by atoms with Crippen LogP contribution in [-0.4, -0.2) is 66.3 Å². The van der Waals surface area contributed by atoms with Crippen LogP contribution in [-0.2, 0) is 31.7 Å². The van der Waals surface area contributed by atoms with Crippen LogP contribution in [0.1, 0.15) is 78.8 Å². The van der Waals surface area contributed by atoms with Crippen molar-refractivity contribution >= 4 is 51.9 Å². The van der Waals surface area contributed by atoms with Crippen molar-refractivity contribution in [1.29, 1.82) is 0 Å². The van der Waals surface area contributed by atoms with Gasteiger partial charge >= 0.3 is 12.1 Å². The molecular formula is C35H32F6N4O6S. The molecule has 0 spiro atoms. The predicted molar refractivity (Wildman–Crippen MR) is 179 cm³/mol. The zero-order valence-corrected chi connectivity index (χ0v) is 29.0. The molecule has 3 aliphatic heterocycles. The predicted octanol–water partition coefficient (Wildman–Crippen LogP) is 6.44. The van der Waals surface area contributed by atoms with E-state index in [0.717, 1.165) is 42.7 Å². The number of amides is 3. The molecule has 0 unspecified atom stereocenters. The van der Waals surface area contributed by atoms with Crippen molar-refractivity contribution in [2.24, 2.45) is 10.9 Å². The topological polar surface area (TPSA) is 118 Å². The number of rotatable bonds is 7. The lowest BCUT2D eigenvalue weighted by Gasteiger charge is -2.29. The van der Waals surface area contributed by atoms with Crippen LogP contribution in [0.15, 0.2) is 28.3 Å². The number of fused-ring (bicyclic) bond motifs is 1. The maximum absolute atomic E-state index is 14.7. The van der Waals surface area contributed by atoms with Crippen LogP contribution in [0.5, 0.6) is 5.75 Å². The number of methoxy groups -OCH3 is 1. The fourth-order valence-corrected chi connectivity index (χ4v) is 7.20. The molecule has 17 heteroatoms. The van der Waals surface area contributed by atoms with Crippen LogP contribution in [0.25, 0.3) is 0 Å². The third kappa shape index (κ3) is 7.39. The molecule has 6 rings (SSSR count). The lowest BCUT2D eigenvalue weighted by Crippen LogP contribution is -2.39. The SMILES string of the molecule is C#CCN1C(=O)COc2cc(F)c(N3C(=O)C4=C(CCCC4)C3=O)cc21.COC(=O)c1c(C(F)F)nc(C(F)(F)F)c(C2=NCCS2)c1CC(C)C. The molecule has 0 bridgehead atoms. The van der Waals surface area contributed by atoms with E-state index in [2.05, 4.69) is 20.6 Å². The second-order valence-corrected chi connectivity index (χ2v) is 13.4. The van der Waals surface area contributed by atoms with Gasteiger partial charge in [-0.15, -0.1) is 18.2 Å². The van der Waals surface area contributed by atoms with Gasteiger partial charge < -0.3 is 9.47 Å². The summed E-state index contributed by atoms with van der Waals surface area (Å²) < 4.78 is 92.1. The highest BCUT2D eigenvalue weighted by molar-refractivity contribution is 8.14. The molecule has 52 heavy (non-hydrogen) atoms. The monoisotopic (exact) mass is 750 g/mol. The number of benzene rings is 1. The minimum atomic E-state index is -4.97. The fraction of sp³-hybridized carbons (Fsp3) is 0.429. The number of terminal acetylenes is 1. The highest BCUT2D eigenvalue weighted by Gasteiger charge is 2.43. The summed E-state index contributed by atoms with van der Waals surface area (Å²) in [6, 6.07) is 2.37. The Bertz CT molecular complexity index is 1910. The van der Waals surface area contributed by atoms with Gasteiger partial charge in [0, 0.05) is 35.1 Å². The van der Waals surface area contributed by atoms with Gasteiger partial charge in [0.25, 0.3) is 24.1 Å². The van der Waals surface area contributed by atoms with Crippen molar-refractivity contribution in [3.05, 3.63) is 57.2 Å². The standard InChI is InChI=1S/C19H15FN2O4.C16H17F5N2O2S/c1-2-7-21-15-9-14(13(20)8-16(15)26-10-17(21)23)22-18(24)11-5-3-4-6-12(11)19(22)25;1-7(2)6-8-9(15(24)25-3)11(13(17)18)23-12(16(19,20)21)10(8)14-22-4-5-26-14/h1,8-9H,3-7,10H2;7,13H,4-6H2,1-3H3. The van der Waals surface area contributed by atoms with Gasteiger partial charge in [0.05, 0.1) is 30.6 Å². The number of carbonyl (C=O) groups excluding carboxylic acids is 4. The number of esters is 1. The normalized spacial score (nSPS) is 17.1. The van der Waals surface area contributed by atoms with E-state index in [0.29, 0.717) is 36.3 Å². The Morgan fingerprint density at radius 2 is 1.75 bits per heavy atom. The first-order valence-corrected chi connectivity index (χ1v) is 17.1. The average Bonchev–Trinajstić information content (AvgIpc) is 3.71. The van der Waals surface area contributed by atoms with Crippen molar-refractivity contribution in [2.75, 3.05) is 42.4 Å². The van der Waals surface area contributed by atoms with E-state index in [1.165, 1.54) is 11.0 Å². The number of halogens is 6. The number of anilines is 2. The van der Waals surface area contributed by atoms with E-state index in [4.69, 9.17) is 11.2 Å². The summed E-state index contributed by atoms with van der Waals surface area (Å²) in [4.78, 5) is 58.9. The molecule has 3 amide bonds. The fourth-order valence-electron chi connectivity index (χ4n) is 6.28. The smallest absolute Gasteiger partial charge is 0.434 e. The number of pyridine rings is 1. The number of imide groups is 1. The van der Waals surface area contributed by atoms with Crippen LogP contribution in [0, 0.1) is 24.1 Å². The Morgan fingerprint density at radius 1 is 1.10 bits per heavy atom. The summed E-state index contributed by atoms with van der Waals surface area (Å²) >= 11 is 1.08. The molecule has 276 valence electrons. The number of carbonyl (C=O) groups is 4. The Morgan fingerprint density at radius 3 is 2.27 bits per heavy atom. The molecule has 0 fully saturated rings. The van der Waals surface area contributed by atoms with E-state index in [1.807, 2.05) is 0 Å². The third-order valence-corrected chi connectivity index (χ3v) is 9.45. The second-order valence-electron chi connectivity index (χ2n) is 12.4. The summed E-state index contributed by atoms with van der Waals surface area (Å²) in [5.74, 6) is -0.457. The van der Waals surface area contributed by atoms with E-state index in [9.17, 15) is 45.5 Å². The number of alkyl halides is 5. The Labute approximate surface area is 298 Å². The average molecular weight is 751 g/mol. The van der Waals surface area contributed by atoms with E-state index < -0.39 is 58.7 Å². The number of aromatic nitrogens is 1. The molecule has 1 aromatic heterocycles. The number of aliphatic imine (C=N–C) groups is 1. The van der Waals surface area contributed by atoms with Crippen molar-refractivity contribution in [3.63, 3.8) is 0 Å². The van der Waals surface area contributed by atoms with Gasteiger partial charge in [-0.05, 0) is 49.7 Å². The maximum atomic E-state index is 14.7. The molecule has 2 aromatic rings. The Kier molecular flexibility index (Phi) is 11.4. The van der Waals surface area contributed by atoms with Gasteiger partial charge in [-0.3, -0.25) is 24.3 Å². The number of ether oxygens (including phenoxy) is 2. The summed E-state index contributed by atoms with van der Waals surface area (Å²) in [7, 11) is 0.982. The lowest BCUT2D eigenvalue weighted by atomic mass is 9.91. The largest absolute Gasteiger partial charge is 0.481 e. The molecule has 4 aliphatic rings. The van der Waals surface area contributed by atoms with Gasteiger partial charge in [-0.25, -0.2) is 27.8 Å². The quantitative estimate of drug-likeness (QED) is 0.137. The number of nitrogens with zero attached hydrogens (tertiary/aromatic N) is 4. The Hall–Kier alpha value is -4.85. The highest BCUT2D eigenvalue weighted by atomic mass is 32.2. The molecular weight excluding hydrogens is 718 g/mol. The van der Waals surface area contributed by atoms with Crippen molar-refractivity contribution in [3.8, 4) is 18.1 Å². The van der Waals surface area contributed by atoms with E-state index in [1.54, 1.807) is 13.8 Å². The zero-order valence-electron chi connectivity index (χ0n) is 28.2. The van der Waals surface area contributed by atoms with Crippen LogP contribution in [0.4, 0.5) is 37.7 Å². The van der Waals surface area contributed by atoms with Crippen LogP contribution < -0.4 is 14.5 Å². The second kappa shape index (κ2) is 15.4. The third-order valence-electron chi connectivity index (χ3n) is 8.46. The van der Waals surface area contributed by atoms with Crippen molar-refractivity contribution < 1.29 is 55.0 Å². The van der Waals surface area contributed by atoms with Crippen molar-refractivity contribution in [1.82, 2.24) is 4.98 Å². The van der Waals surface area contributed by atoms with E-state index >= 15 is 0 Å². The molecule has 1 aromatic carbocycles. The number of thioether (sulfide) groups is 1. The molecule has 0 saturated heterocycles. The first-order chi connectivity index (χ1) is 24.6. The minimum Gasteiger partial charge on any atom is -0.481 e. The van der Waals surface area contributed by atoms with Crippen LogP contribution >= 0.6 is 11.8 Å². The van der Waals surface area contributed by atoms with Gasteiger partial charge in [0.15, 0.2) is 18.1 Å². The summed E-state index contributed by atoms with van der Waals surface area (Å²) in [6.45, 7) is 3.47. The van der Waals surface area contributed by atoms with Gasteiger partial charge in [-0.1, -0.05) is 19.8 Å². The molecule has 0 N–H and O–H groups in total. The van der Waals surface area contributed by atoms with Gasteiger partial charge in [0.1, 0.15) is 16.5 Å². The van der Waals surface area contributed by atoms with Crippen molar-refractivity contribution in [2.45, 2.75) is 58.6 Å². The molecule has 0 radical (unpaired) electrons. The first-order valence-electron chi connectivity index (χ1n) is 16.1.